The number of nitrogens with zero attached hydrogens (tertiary/aromatic N) is 3. The summed E-state index contributed by atoms with van der Waals surface area (Å²) >= 11 is 8.84. The maximum Gasteiger partial charge on any atom is 0.258 e. The van der Waals surface area contributed by atoms with Crippen LogP contribution in [0.15, 0.2) is 35.8 Å². The molecule has 2 unspecified atom stereocenters. The summed E-state index contributed by atoms with van der Waals surface area (Å²) in [5, 5.41) is 0.651. The average molecular weight is 452 g/mol. The van der Waals surface area contributed by atoms with Crippen molar-refractivity contribution in [2.45, 2.75) is 26.8 Å². The van der Waals surface area contributed by atoms with Crippen molar-refractivity contribution in [3.63, 3.8) is 0 Å². The van der Waals surface area contributed by atoms with Crippen molar-refractivity contribution in [3.05, 3.63) is 40.7 Å². The average Bonchev–Trinajstić information content (AvgIpc) is 2.97. The number of thiazole rings is 1. The Morgan fingerprint density at radius 3 is 2.72 bits per heavy atom. The number of amides is 2. The van der Waals surface area contributed by atoms with E-state index in [4.69, 9.17) is 11.6 Å². The Morgan fingerprint density at radius 2 is 2.03 bits per heavy atom. The molecule has 8 heteroatoms. The zero-order chi connectivity index (χ0) is 21.0. The van der Waals surface area contributed by atoms with Gasteiger partial charge in [0.15, 0.2) is 4.80 Å². The number of allylic oxidation sites excluding steroid dienone is 1. The van der Waals surface area contributed by atoms with E-state index in [1.54, 1.807) is 6.08 Å². The predicted octanol–water partition coefficient (Wildman–Crippen LogP) is 4.21. The zero-order valence-electron chi connectivity index (χ0n) is 16.8. The van der Waals surface area contributed by atoms with Gasteiger partial charge in [-0.05, 0) is 36.5 Å². The Balaban J connectivity index is 1.64. The minimum absolute atomic E-state index is 0.111. The van der Waals surface area contributed by atoms with Crippen LogP contribution in [0.25, 0.3) is 10.2 Å². The summed E-state index contributed by atoms with van der Waals surface area (Å²) in [5.41, 5.74) is 0.974. The van der Waals surface area contributed by atoms with Gasteiger partial charge in [0.2, 0.25) is 5.91 Å². The Hall–Kier alpha value is -1.57. The molecule has 1 aliphatic rings. The van der Waals surface area contributed by atoms with Gasteiger partial charge in [0.05, 0.1) is 21.7 Å². The molecule has 1 saturated heterocycles. The predicted molar refractivity (Wildman–Crippen MR) is 122 cm³/mol. The summed E-state index contributed by atoms with van der Waals surface area (Å²) in [6, 6.07) is 5.62. The molecule has 0 spiro atoms. The van der Waals surface area contributed by atoms with Crippen LogP contribution < -0.4 is 4.80 Å². The quantitative estimate of drug-likeness (QED) is 0.618. The number of halogens is 1. The van der Waals surface area contributed by atoms with Crippen LogP contribution in [-0.4, -0.2) is 45.9 Å². The number of rotatable bonds is 6. The molecule has 0 radical (unpaired) electrons. The van der Waals surface area contributed by atoms with Crippen LogP contribution in [0.1, 0.15) is 20.3 Å². The number of carbonyl (C=O) groups excluding carboxylic acids is 2. The monoisotopic (exact) mass is 451 g/mol. The highest BCUT2D eigenvalue weighted by atomic mass is 35.5. The van der Waals surface area contributed by atoms with Crippen molar-refractivity contribution in [1.29, 1.82) is 0 Å². The Kier molecular flexibility index (Phi) is 7.60. The molecular weight excluding hydrogens is 426 g/mol. The third-order valence-corrected chi connectivity index (χ3v) is 7.03. The van der Waals surface area contributed by atoms with Gasteiger partial charge in [-0.3, -0.25) is 9.59 Å². The molecule has 2 atom stereocenters. The number of piperidine rings is 1. The first-order chi connectivity index (χ1) is 13.9. The second-order valence-corrected chi connectivity index (χ2v) is 10.1. The molecular formula is C21H26ClN3O2S2. The molecule has 0 bridgehead atoms. The fourth-order valence-corrected chi connectivity index (χ4v) is 5.79. The lowest BCUT2D eigenvalue weighted by atomic mass is 9.92. The molecule has 1 aliphatic heterocycles. The highest BCUT2D eigenvalue weighted by Crippen LogP contribution is 2.23. The first kappa shape index (κ1) is 22.1. The summed E-state index contributed by atoms with van der Waals surface area (Å²) in [6.45, 7) is 10.3. The highest BCUT2D eigenvalue weighted by Gasteiger charge is 2.25. The van der Waals surface area contributed by atoms with E-state index in [1.165, 1.54) is 29.5 Å². The molecule has 1 aromatic carbocycles. The van der Waals surface area contributed by atoms with E-state index in [0.717, 1.165) is 23.3 Å². The first-order valence-corrected chi connectivity index (χ1v) is 12.0. The molecule has 29 heavy (non-hydrogen) atoms. The second kappa shape index (κ2) is 9.96. The minimum Gasteiger partial charge on any atom is -0.341 e. The zero-order valence-corrected chi connectivity index (χ0v) is 19.2. The maximum absolute atomic E-state index is 12.5. The van der Waals surface area contributed by atoms with Crippen molar-refractivity contribution in [3.8, 4) is 0 Å². The van der Waals surface area contributed by atoms with Crippen molar-refractivity contribution < 1.29 is 9.59 Å². The molecule has 2 heterocycles. The van der Waals surface area contributed by atoms with E-state index >= 15 is 0 Å². The van der Waals surface area contributed by atoms with Crippen LogP contribution in [0.2, 0.25) is 5.02 Å². The Labute approximate surface area is 184 Å². The normalized spacial score (nSPS) is 20.2. The van der Waals surface area contributed by atoms with Crippen LogP contribution in [0.5, 0.6) is 0 Å². The smallest absolute Gasteiger partial charge is 0.258 e. The largest absolute Gasteiger partial charge is 0.341 e. The van der Waals surface area contributed by atoms with Gasteiger partial charge in [0, 0.05) is 24.7 Å². The molecule has 0 aliphatic carbocycles. The molecule has 2 aromatic rings. The second-order valence-electron chi connectivity index (χ2n) is 7.64. The fourth-order valence-electron chi connectivity index (χ4n) is 3.76. The van der Waals surface area contributed by atoms with Gasteiger partial charge < -0.3 is 9.47 Å². The molecule has 5 nitrogen and oxygen atoms in total. The van der Waals surface area contributed by atoms with Crippen molar-refractivity contribution in [2.75, 3.05) is 24.6 Å². The van der Waals surface area contributed by atoms with Crippen LogP contribution >= 0.6 is 34.7 Å². The summed E-state index contributed by atoms with van der Waals surface area (Å²) in [6.07, 6.45) is 2.94. The number of benzene rings is 1. The number of likely N-dealkylation sites (tertiary alicyclic amines) is 1. The Morgan fingerprint density at radius 1 is 1.31 bits per heavy atom. The lowest BCUT2D eigenvalue weighted by Crippen LogP contribution is -2.43. The molecule has 0 saturated carbocycles. The van der Waals surface area contributed by atoms with E-state index in [9.17, 15) is 9.59 Å². The molecule has 0 N–H and O–H groups in total. The van der Waals surface area contributed by atoms with Gasteiger partial charge in [-0.25, -0.2) is 0 Å². The Bertz CT molecular complexity index is 972. The van der Waals surface area contributed by atoms with Crippen molar-refractivity contribution in [1.82, 2.24) is 9.47 Å². The van der Waals surface area contributed by atoms with Crippen LogP contribution in [0.3, 0.4) is 0 Å². The van der Waals surface area contributed by atoms with E-state index in [1.807, 2.05) is 27.7 Å². The lowest BCUT2D eigenvalue weighted by Gasteiger charge is -2.35. The van der Waals surface area contributed by atoms with Crippen molar-refractivity contribution in [2.24, 2.45) is 16.8 Å². The third kappa shape index (κ3) is 5.74. The molecule has 2 amide bonds. The number of hydrogen-bond donors (Lipinski definition) is 0. The standard InChI is InChI=1S/C21H26ClN3O2S2/c1-4-7-25-17-6-5-16(22)9-18(17)29-21(25)23-19(26)12-28-13-20(27)24-10-14(2)8-15(3)11-24/h4-6,9,14-15H,1,7-8,10-13H2,2-3H3. The highest BCUT2D eigenvalue weighted by molar-refractivity contribution is 8.00. The SMILES string of the molecule is C=CCn1c(=NC(=O)CSCC(=O)N2CC(C)CC(C)C2)sc2cc(Cl)ccc21. The molecule has 1 fully saturated rings. The van der Waals surface area contributed by atoms with Crippen LogP contribution in [0.4, 0.5) is 0 Å². The fraction of sp³-hybridized carbons (Fsp3) is 0.476. The first-order valence-electron chi connectivity index (χ1n) is 9.70. The van der Waals surface area contributed by atoms with E-state index in [2.05, 4.69) is 25.4 Å². The van der Waals surface area contributed by atoms with E-state index < -0.39 is 0 Å². The maximum atomic E-state index is 12.5. The van der Waals surface area contributed by atoms with Gasteiger partial charge in [-0.2, -0.15) is 4.99 Å². The van der Waals surface area contributed by atoms with E-state index in [-0.39, 0.29) is 17.6 Å². The number of thioether (sulfide) groups is 1. The lowest BCUT2D eigenvalue weighted by molar-refractivity contribution is -0.130. The third-order valence-electron chi connectivity index (χ3n) is 4.85. The summed E-state index contributed by atoms with van der Waals surface area (Å²) < 4.78 is 2.93. The minimum atomic E-state index is -0.237. The van der Waals surface area contributed by atoms with Gasteiger partial charge in [-0.1, -0.05) is 42.9 Å². The molecule has 1 aromatic heterocycles. The van der Waals surface area contributed by atoms with Crippen LogP contribution in [-0.2, 0) is 16.1 Å². The van der Waals surface area contributed by atoms with Crippen molar-refractivity contribution >= 4 is 56.7 Å². The summed E-state index contributed by atoms with van der Waals surface area (Å²) in [4.78, 5) is 31.7. The molecule has 156 valence electrons. The summed E-state index contributed by atoms with van der Waals surface area (Å²) in [7, 11) is 0. The van der Waals surface area contributed by atoms with E-state index in [0.29, 0.717) is 34.0 Å². The van der Waals surface area contributed by atoms with Crippen LogP contribution in [0, 0.1) is 11.8 Å². The van der Waals surface area contributed by atoms with Gasteiger partial charge >= 0.3 is 0 Å². The van der Waals surface area contributed by atoms with Gasteiger partial charge in [0.25, 0.3) is 5.91 Å². The number of fused-ring (bicyclic) bond motifs is 1. The summed E-state index contributed by atoms with van der Waals surface area (Å²) in [5.74, 6) is 1.44. The molecule has 3 rings (SSSR count). The number of aromatic nitrogens is 1. The number of hydrogen-bond acceptors (Lipinski definition) is 4. The topological polar surface area (TPSA) is 54.7 Å². The van der Waals surface area contributed by atoms with Gasteiger partial charge in [-0.15, -0.1) is 18.3 Å². The van der Waals surface area contributed by atoms with Gasteiger partial charge in [0.1, 0.15) is 0 Å². The number of carbonyl (C=O) groups is 2.